The second kappa shape index (κ2) is 16.3. The third-order valence-corrected chi connectivity index (χ3v) is 11.5. The zero-order chi connectivity index (χ0) is 42.7. The van der Waals surface area contributed by atoms with Crippen LogP contribution in [0.25, 0.3) is 66.3 Å². The first kappa shape index (κ1) is 44.3. The van der Waals surface area contributed by atoms with Crippen LogP contribution in [-0.2, 0) is 36.5 Å². The first-order valence-corrected chi connectivity index (χ1v) is 19.7. The number of aromatic nitrogens is 5. The summed E-state index contributed by atoms with van der Waals surface area (Å²) < 4.78 is 75.1. The number of ketones is 1. The van der Waals surface area contributed by atoms with Crippen molar-refractivity contribution in [2.75, 3.05) is 0 Å². The molecule has 8 rings (SSSR count). The third kappa shape index (κ3) is 7.78. The topological polar surface area (TPSA) is 84.8 Å². The number of rotatable bonds is 9. The van der Waals surface area contributed by atoms with E-state index in [1.165, 1.54) is 6.07 Å². The van der Waals surface area contributed by atoms with Crippen LogP contribution in [-0.4, -0.2) is 46.0 Å². The van der Waals surface area contributed by atoms with E-state index in [0.29, 0.717) is 22.9 Å². The molecule has 0 bridgehead atoms. The molecule has 4 aromatic heterocycles. The molecule has 7 nitrogen and oxygen atoms in total. The molecule has 0 unspecified atom stereocenters. The fourth-order valence-corrected chi connectivity index (χ4v) is 7.70. The molecular weight excluding hydrogens is 954 g/mol. The maximum Gasteiger partial charge on any atom is 0.418 e. The van der Waals surface area contributed by atoms with E-state index in [9.17, 15) is 31.9 Å². The number of carbonyl (C=O) groups excluding carboxylic acids is 1. The van der Waals surface area contributed by atoms with Gasteiger partial charge in [0, 0.05) is 38.1 Å². The van der Waals surface area contributed by atoms with Crippen molar-refractivity contribution in [1.82, 2.24) is 23.8 Å². The number of halogens is 5. The first-order chi connectivity index (χ1) is 27.9. The van der Waals surface area contributed by atoms with Gasteiger partial charge in [-0.15, -0.1) is 29.1 Å². The number of nitrogens with zero attached hydrogens (tertiary/aromatic N) is 5. The number of pyridine rings is 1. The van der Waals surface area contributed by atoms with E-state index in [4.69, 9.17) is 0 Å². The molecule has 0 atom stereocenters. The van der Waals surface area contributed by atoms with Gasteiger partial charge in [-0.2, -0.15) is 13.2 Å². The number of carbonyl (C=O) groups is 1. The van der Waals surface area contributed by atoms with Crippen LogP contribution in [0.4, 0.5) is 22.0 Å². The van der Waals surface area contributed by atoms with E-state index in [0.717, 1.165) is 55.6 Å². The van der Waals surface area contributed by atoms with Crippen LogP contribution in [0.1, 0.15) is 85.3 Å². The number of hydrogen-bond acceptors (Lipinski definition) is 5. The zero-order valence-electron chi connectivity index (χ0n) is 34.3. The van der Waals surface area contributed by atoms with Crippen molar-refractivity contribution in [3.63, 3.8) is 0 Å². The summed E-state index contributed by atoms with van der Waals surface area (Å²) in [6.07, 6.45) is 0.650. The van der Waals surface area contributed by atoms with Crippen molar-refractivity contribution in [2.45, 2.75) is 97.1 Å². The van der Waals surface area contributed by atoms with Crippen molar-refractivity contribution in [3.8, 4) is 22.4 Å². The average Bonchev–Trinajstić information content (AvgIpc) is 3.86. The summed E-state index contributed by atoms with van der Waals surface area (Å²) in [5, 5.41) is 11.6. The van der Waals surface area contributed by atoms with Gasteiger partial charge in [0.2, 0.25) is 0 Å². The molecule has 4 heterocycles. The van der Waals surface area contributed by atoms with Crippen LogP contribution >= 0.6 is 0 Å². The van der Waals surface area contributed by atoms with Crippen LogP contribution < -0.4 is 0 Å². The second-order valence-electron chi connectivity index (χ2n) is 16.0. The van der Waals surface area contributed by atoms with Crippen LogP contribution in [0.5, 0.6) is 0 Å². The predicted molar refractivity (Wildman–Crippen MR) is 223 cm³/mol. The molecule has 0 fully saturated rings. The van der Waals surface area contributed by atoms with Gasteiger partial charge in [0.1, 0.15) is 18.4 Å². The van der Waals surface area contributed by atoms with Gasteiger partial charge in [-0.05, 0) is 66.5 Å². The number of aliphatic hydroxyl groups excluding tert-OH is 1. The Morgan fingerprint density at radius 1 is 0.733 bits per heavy atom. The van der Waals surface area contributed by atoms with Crippen molar-refractivity contribution >= 4 is 49.7 Å². The third-order valence-electron chi connectivity index (χ3n) is 11.5. The van der Waals surface area contributed by atoms with Crippen LogP contribution in [0, 0.1) is 6.07 Å². The smallest absolute Gasteiger partial charge is 0.418 e. The minimum Gasteiger partial charge on any atom is -0.509 e. The molecule has 0 amide bonds. The maximum absolute atomic E-state index is 14.4. The molecule has 0 aliphatic heterocycles. The van der Waals surface area contributed by atoms with Crippen LogP contribution in [0.2, 0.25) is 0 Å². The van der Waals surface area contributed by atoms with Crippen molar-refractivity contribution in [3.05, 3.63) is 115 Å². The van der Waals surface area contributed by atoms with Gasteiger partial charge >= 0.3 is 6.18 Å². The Morgan fingerprint density at radius 3 is 1.88 bits per heavy atom. The molecule has 60 heavy (non-hydrogen) atoms. The molecule has 0 saturated carbocycles. The van der Waals surface area contributed by atoms with Crippen molar-refractivity contribution in [1.29, 1.82) is 0 Å². The summed E-state index contributed by atoms with van der Waals surface area (Å²) in [5.74, 6) is -1.53. The Hall–Kier alpha value is -5.26. The standard InChI is InChI=1S/C34H23F3N5.C13H22F2O2.Ir/c1-33(2,3)24-13-21(12-19-6-4-5-7-22(19)24)28-15-23(25(16-38-28)34(35,36)37)20-8-11-29-30(14-20)42-18-40-27-10-9-26-31(32(27)42)41(29)17-39-26;1-5-12(14,6-2)10(16)9-11(17)13(15,7-3)8-4;/h4-11,13-18H,1-3H3;9,16H,5-8H2,1-4H3;/q-1;;/b;10-9-;. The van der Waals surface area contributed by atoms with Gasteiger partial charge < -0.3 is 5.11 Å². The molecule has 4 aromatic carbocycles. The van der Waals surface area contributed by atoms with E-state index in [-0.39, 0.29) is 56.8 Å². The van der Waals surface area contributed by atoms with E-state index < -0.39 is 34.6 Å². The van der Waals surface area contributed by atoms with Gasteiger partial charge in [0.15, 0.2) is 17.1 Å². The summed E-state index contributed by atoms with van der Waals surface area (Å²) in [7, 11) is 0. The maximum atomic E-state index is 14.4. The number of benzene rings is 4. The summed E-state index contributed by atoms with van der Waals surface area (Å²) in [5.41, 5.74) is 2.70. The molecule has 0 saturated heterocycles. The van der Waals surface area contributed by atoms with Crippen molar-refractivity contribution in [2.24, 2.45) is 0 Å². The second-order valence-corrected chi connectivity index (χ2v) is 16.0. The zero-order valence-corrected chi connectivity index (χ0v) is 36.7. The fourth-order valence-electron chi connectivity index (χ4n) is 7.70. The SMILES string of the molecule is CC(C)(C)c1cc(-c2cc(-c3ccc4c(c3)n3cnc5ccc6ncn4c6c53)c(C(F)(F)F)cn2)[c-]c2ccccc12.CCC(F)(CC)C(=O)/C=C(\O)C(F)(CC)CC.[Ir]. The molecule has 0 aliphatic rings. The Bertz CT molecular complexity index is 2880. The Balaban J connectivity index is 0.000000287. The van der Waals surface area contributed by atoms with Gasteiger partial charge in [0.05, 0.1) is 38.7 Å². The van der Waals surface area contributed by atoms with E-state index >= 15 is 0 Å². The number of alkyl halides is 5. The Morgan fingerprint density at radius 2 is 1.32 bits per heavy atom. The fraction of sp³-hybridized carbons (Fsp3) is 0.319. The molecule has 8 aromatic rings. The van der Waals surface area contributed by atoms with E-state index in [1.807, 2.05) is 57.3 Å². The number of imidazole rings is 2. The van der Waals surface area contributed by atoms with Crippen LogP contribution in [0.3, 0.4) is 0 Å². The summed E-state index contributed by atoms with van der Waals surface area (Å²) >= 11 is 0. The number of allylic oxidation sites excluding steroid dienone is 2. The normalized spacial score (nSPS) is 13.0. The molecule has 1 N–H and O–H groups in total. The summed E-state index contributed by atoms with van der Waals surface area (Å²) in [6.45, 7) is 12.6. The molecule has 0 spiro atoms. The molecule has 315 valence electrons. The summed E-state index contributed by atoms with van der Waals surface area (Å²) in [6, 6.07) is 24.1. The van der Waals surface area contributed by atoms with Gasteiger partial charge in [0.25, 0.3) is 0 Å². The summed E-state index contributed by atoms with van der Waals surface area (Å²) in [4.78, 5) is 25.0. The largest absolute Gasteiger partial charge is 0.509 e. The first-order valence-electron chi connectivity index (χ1n) is 19.7. The van der Waals surface area contributed by atoms with E-state index in [1.54, 1.807) is 52.5 Å². The number of aliphatic hydroxyl groups is 1. The molecule has 13 heteroatoms. The van der Waals surface area contributed by atoms with Gasteiger partial charge in [-0.25, -0.2) is 18.7 Å². The van der Waals surface area contributed by atoms with E-state index in [2.05, 4.69) is 41.8 Å². The van der Waals surface area contributed by atoms with Gasteiger partial charge in [-0.1, -0.05) is 89.7 Å². The van der Waals surface area contributed by atoms with Crippen molar-refractivity contribution < 1.29 is 52.0 Å². The monoisotopic (exact) mass is 999 g/mol. The predicted octanol–water partition coefficient (Wildman–Crippen LogP) is 12.8. The molecule has 1 radical (unpaired) electrons. The number of fused-ring (bicyclic) bond motifs is 4. The quantitative estimate of drug-likeness (QED) is 0.0512. The molecular formula is C47H45F5IrN5O2-. The Labute approximate surface area is 358 Å². The molecule has 0 aliphatic carbocycles. The average molecular weight is 999 g/mol. The minimum absolute atomic E-state index is 0. The van der Waals surface area contributed by atoms with Crippen LogP contribution in [0.15, 0.2) is 97.4 Å². The Kier molecular flexibility index (Phi) is 12.0. The van der Waals surface area contributed by atoms with Gasteiger partial charge in [-0.3, -0.25) is 18.6 Å². The minimum atomic E-state index is -4.59. The number of hydrogen-bond donors (Lipinski definition) is 1.